The first-order valence-corrected chi connectivity index (χ1v) is 6.71. The molecule has 0 amide bonds. The summed E-state index contributed by atoms with van der Waals surface area (Å²) in [5.41, 5.74) is 6.82. The third-order valence-corrected chi connectivity index (χ3v) is 3.52. The third kappa shape index (κ3) is 2.63. The molecule has 0 spiro atoms. The van der Waals surface area contributed by atoms with E-state index < -0.39 is 0 Å². The van der Waals surface area contributed by atoms with Crippen molar-refractivity contribution in [1.29, 1.82) is 0 Å². The molecule has 1 aliphatic heterocycles. The van der Waals surface area contributed by atoms with Gasteiger partial charge in [-0.25, -0.2) is 0 Å². The van der Waals surface area contributed by atoms with Crippen molar-refractivity contribution in [2.24, 2.45) is 0 Å². The maximum absolute atomic E-state index is 6.14. The molecular formula is C15H18N2O2. The van der Waals surface area contributed by atoms with Crippen molar-refractivity contribution in [2.75, 3.05) is 18.9 Å². The van der Waals surface area contributed by atoms with Crippen LogP contribution in [0.3, 0.4) is 0 Å². The molecule has 0 saturated carbocycles. The monoisotopic (exact) mass is 258 g/mol. The Labute approximate surface area is 112 Å². The molecule has 2 N–H and O–H groups in total. The van der Waals surface area contributed by atoms with Crippen molar-refractivity contribution in [3.8, 4) is 5.75 Å². The number of pyridine rings is 1. The summed E-state index contributed by atoms with van der Waals surface area (Å²) in [6.45, 7) is 1.41. The van der Waals surface area contributed by atoms with Crippen LogP contribution in [0.5, 0.6) is 5.75 Å². The van der Waals surface area contributed by atoms with Crippen LogP contribution >= 0.6 is 0 Å². The molecule has 19 heavy (non-hydrogen) atoms. The molecule has 3 rings (SSSR count). The summed E-state index contributed by atoms with van der Waals surface area (Å²) in [6, 6.07) is 5.80. The number of nitrogen functional groups attached to an aromatic ring is 1. The Morgan fingerprint density at radius 2 is 2.26 bits per heavy atom. The van der Waals surface area contributed by atoms with Crippen LogP contribution in [-0.2, 0) is 4.74 Å². The second-order valence-corrected chi connectivity index (χ2v) is 4.87. The van der Waals surface area contributed by atoms with E-state index in [1.807, 2.05) is 18.2 Å². The molecule has 1 fully saturated rings. The lowest BCUT2D eigenvalue weighted by atomic mass is 10.1. The van der Waals surface area contributed by atoms with Crippen molar-refractivity contribution in [3.63, 3.8) is 0 Å². The summed E-state index contributed by atoms with van der Waals surface area (Å²) in [4.78, 5) is 4.09. The Morgan fingerprint density at radius 1 is 1.32 bits per heavy atom. The zero-order valence-corrected chi connectivity index (χ0v) is 10.8. The normalized spacial score (nSPS) is 19.5. The van der Waals surface area contributed by atoms with E-state index in [1.54, 1.807) is 12.4 Å². The fourth-order valence-corrected chi connectivity index (χ4v) is 2.42. The van der Waals surface area contributed by atoms with Crippen LogP contribution in [0.15, 0.2) is 30.6 Å². The van der Waals surface area contributed by atoms with E-state index in [2.05, 4.69) is 4.98 Å². The highest BCUT2D eigenvalue weighted by Gasteiger charge is 2.15. The van der Waals surface area contributed by atoms with Crippen molar-refractivity contribution in [3.05, 3.63) is 30.6 Å². The lowest BCUT2D eigenvalue weighted by Crippen LogP contribution is -2.25. The van der Waals surface area contributed by atoms with Gasteiger partial charge in [0.15, 0.2) is 0 Å². The summed E-state index contributed by atoms with van der Waals surface area (Å²) < 4.78 is 11.5. The zero-order chi connectivity index (χ0) is 13.1. The predicted octanol–water partition coefficient (Wildman–Crippen LogP) is 2.76. The van der Waals surface area contributed by atoms with E-state index in [-0.39, 0.29) is 6.10 Å². The fraction of sp³-hybridized carbons (Fsp3) is 0.400. The molecule has 1 saturated heterocycles. The van der Waals surface area contributed by atoms with Gasteiger partial charge in [0.2, 0.25) is 0 Å². The van der Waals surface area contributed by atoms with Crippen LogP contribution in [-0.4, -0.2) is 24.3 Å². The second-order valence-electron chi connectivity index (χ2n) is 4.87. The fourth-order valence-electron chi connectivity index (χ4n) is 2.42. The van der Waals surface area contributed by atoms with E-state index in [0.717, 1.165) is 36.0 Å². The van der Waals surface area contributed by atoms with Gasteiger partial charge in [0.05, 0.1) is 11.8 Å². The quantitative estimate of drug-likeness (QED) is 0.860. The van der Waals surface area contributed by atoms with Gasteiger partial charge in [0, 0.05) is 29.8 Å². The number of fused-ring (bicyclic) bond motifs is 1. The summed E-state index contributed by atoms with van der Waals surface area (Å²) in [5, 5.41) is 2.01. The highest BCUT2D eigenvalue weighted by atomic mass is 16.5. The molecule has 0 aliphatic carbocycles. The number of hydrogen-bond donors (Lipinski definition) is 1. The molecule has 2 heterocycles. The first-order chi connectivity index (χ1) is 9.34. The Morgan fingerprint density at radius 3 is 3.11 bits per heavy atom. The third-order valence-electron chi connectivity index (χ3n) is 3.52. The van der Waals surface area contributed by atoms with Crippen LogP contribution in [0.25, 0.3) is 10.8 Å². The van der Waals surface area contributed by atoms with Gasteiger partial charge in [-0.1, -0.05) is 0 Å². The molecule has 2 aromatic rings. The molecule has 4 heteroatoms. The first-order valence-electron chi connectivity index (χ1n) is 6.71. The highest BCUT2D eigenvalue weighted by molar-refractivity contribution is 5.95. The van der Waals surface area contributed by atoms with E-state index in [0.29, 0.717) is 12.3 Å². The van der Waals surface area contributed by atoms with Crippen LogP contribution in [0.1, 0.15) is 19.3 Å². The number of benzene rings is 1. The Balaban J connectivity index is 1.75. The molecule has 1 atom stereocenters. The summed E-state index contributed by atoms with van der Waals surface area (Å²) >= 11 is 0. The van der Waals surface area contributed by atoms with Gasteiger partial charge in [-0.2, -0.15) is 0 Å². The predicted molar refractivity (Wildman–Crippen MR) is 75.2 cm³/mol. The van der Waals surface area contributed by atoms with E-state index in [4.69, 9.17) is 15.2 Å². The minimum atomic E-state index is 0.196. The largest absolute Gasteiger partial charge is 0.489 e. The molecular weight excluding hydrogens is 240 g/mol. The molecule has 0 bridgehead atoms. The lowest BCUT2D eigenvalue weighted by Gasteiger charge is -2.23. The number of anilines is 1. The Kier molecular flexibility index (Phi) is 3.51. The van der Waals surface area contributed by atoms with Crippen molar-refractivity contribution in [1.82, 2.24) is 4.98 Å². The smallest absolute Gasteiger partial charge is 0.142 e. The van der Waals surface area contributed by atoms with Gasteiger partial charge in [-0.05, 0) is 37.5 Å². The summed E-state index contributed by atoms with van der Waals surface area (Å²) in [7, 11) is 0. The van der Waals surface area contributed by atoms with Crippen LogP contribution in [0.4, 0.5) is 5.69 Å². The van der Waals surface area contributed by atoms with Gasteiger partial charge in [-0.3, -0.25) is 4.98 Å². The number of ether oxygens (including phenoxy) is 2. The van der Waals surface area contributed by atoms with Crippen LogP contribution in [0.2, 0.25) is 0 Å². The van der Waals surface area contributed by atoms with E-state index in [9.17, 15) is 0 Å². The molecule has 0 radical (unpaired) electrons. The molecule has 1 aliphatic rings. The Hall–Kier alpha value is -1.81. The number of aromatic nitrogens is 1. The maximum Gasteiger partial charge on any atom is 0.142 e. The standard InChI is InChI=1S/C15H18N2O2/c16-15-13-6-7-17-9-11(13)4-5-14(15)19-10-12-3-1-2-8-18-12/h4-7,9,12H,1-3,8,10,16H2. The van der Waals surface area contributed by atoms with Crippen molar-refractivity contribution in [2.45, 2.75) is 25.4 Å². The number of nitrogens with two attached hydrogens (primary N) is 1. The van der Waals surface area contributed by atoms with Gasteiger partial charge >= 0.3 is 0 Å². The van der Waals surface area contributed by atoms with Gasteiger partial charge < -0.3 is 15.2 Å². The zero-order valence-electron chi connectivity index (χ0n) is 10.8. The number of nitrogens with zero attached hydrogens (tertiary/aromatic N) is 1. The molecule has 4 nitrogen and oxygen atoms in total. The average Bonchev–Trinajstić information content (AvgIpc) is 2.48. The summed E-state index contributed by atoms with van der Waals surface area (Å²) in [5.74, 6) is 0.730. The molecule has 1 aromatic heterocycles. The highest BCUT2D eigenvalue weighted by Crippen LogP contribution is 2.30. The second kappa shape index (κ2) is 5.45. The maximum atomic E-state index is 6.14. The SMILES string of the molecule is Nc1c(OCC2CCCCO2)ccc2cnccc12. The van der Waals surface area contributed by atoms with Crippen molar-refractivity contribution >= 4 is 16.5 Å². The van der Waals surface area contributed by atoms with Crippen LogP contribution < -0.4 is 10.5 Å². The van der Waals surface area contributed by atoms with E-state index >= 15 is 0 Å². The molecule has 100 valence electrons. The minimum Gasteiger partial charge on any atom is -0.489 e. The number of rotatable bonds is 3. The van der Waals surface area contributed by atoms with E-state index in [1.165, 1.54) is 6.42 Å². The average molecular weight is 258 g/mol. The molecule has 1 unspecified atom stereocenters. The number of hydrogen-bond acceptors (Lipinski definition) is 4. The lowest BCUT2D eigenvalue weighted by molar-refractivity contribution is -0.0109. The molecule has 1 aromatic carbocycles. The minimum absolute atomic E-state index is 0.196. The van der Waals surface area contributed by atoms with Crippen LogP contribution in [0, 0.1) is 0 Å². The van der Waals surface area contributed by atoms with Gasteiger partial charge in [0.25, 0.3) is 0 Å². The first kappa shape index (κ1) is 12.2. The van der Waals surface area contributed by atoms with Gasteiger partial charge in [0.1, 0.15) is 12.4 Å². The van der Waals surface area contributed by atoms with Gasteiger partial charge in [-0.15, -0.1) is 0 Å². The Bertz CT molecular complexity index is 565. The topological polar surface area (TPSA) is 57.4 Å². The summed E-state index contributed by atoms with van der Waals surface area (Å²) in [6.07, 6.45) is 7.18. The van der Waals surface area contributed by atoms with Crippen molar-refractivity contribution < 1.29 is 9.47 Å².